The van der Waals surface area contributed by atoms with Crippen LogP contribution in [-0.4, -0.2) is 22.2 Å². The zero-order valence-corrected chi connectivity index (χ0v) is 23.9. The van der Waals surface area contributed by atoms with E-state index >= 15 is 0 Å². The molecule has 9 rings (SSSR count). The molecule has 1 fully saturated rings. The van der Waals surface area contributed by atoms with E-state index in [1.54, 1.807) is 36.4 Å². The van der Waals surface area contributed by atoms with Gasteiger partial charge in [0, 0.05) is 26.4 Å². The van der Waals surface area contributed by atoms with Crippen molar-refractivity contribution < 1.29 is 14.4 Å². The van der Waals surface area contributed by atoms with Gasteiger partial charge in [0.05, 0.1) is 16.7 Å². The number of nitrogens with one attached hydrogen (secondary N) is 1. The molecule has 8 aromatic rings. The molecule has 3 aromatic heterocycles. The highest BCUT2D eigenvalue weighted by Gasteiger charge is 2.37. The van der Waals surface area contributed by atoms with Gasteiger partial charge in [-0.05, 0) is 58.3 Å². The standard InChI is InChI=1S/C37H21N3O3S/c41-34-29(35(42)39(37(43)38-34)23-13-5-2-6-14-23)20-24-19-28-25-16-9-12-22-18-27(21-10-3-1-4-11-21)32-26-15-7-8-17-30(26)40(36(28)44-24)33(32)31(22)25/h1-20H,(H,38,41,43)/b29-20+. The molecule has 1 aliphatic rings. The third-order valence-corrected chi connectivity index (χ3v) is 9.56. The first-order valence-corrected chi connectivity index (χ1v) is 15.1. The van der Waals surface area contributed by atoms with Crippen molar-refractivity contribution in [2.75, 3.05) is 4.90 Å². The molecule has 0 spiro atoms. The first-order chi connectivity index (χ1) is 21.6. The maximum atomic E-state index is 13.6. The van der Waals surface area contributed by atoms with Crippen LogP contribution in [0.3, 0.4) is 0 Å². The van der Waals surface area contributed by atoms with Gasteiger partial charge >= 0.3 is 6.03 Å². The van der Waals surface area contributed by atoms with E-state index in [1.165, 1.54) is 27.7 Å². The molecule has 6 nitrogen and oxygen atoms in total. The maximum absolute atomic E-state index is 13.6. The van der Waals surface area contributed by atoms with Crippen molar-refractivity contribution in [1.29, 1.82) is 0 Å². The lowest BCUT2D eigenvalue weighted by Gasteiger charge is -2.26. The lowest BCUT2D eigenvalue weighted by atomic mass is 9.93. The number of hydrogen-bond donors (Lipinski definition) is 1. The van der Waals surface area contributed by atoms with Crippen LogP contribution >= 0.6 is 11.3 Å². The molecule has 4 amide bonds. The van der Waals surface area contributed by atoms with Crippen LogP contribution in [0.25, 0.3) is 65.4 Å². The molecule has 4 heterocycles. The number of hydrogen-bond acceptors (Lipinski definition) is 4. The summed E-state index contributed by atoms with van der Waals surface area (Å²) in [7, 11) is 0. The molecular formula is C37H21N3O3S. The van der Waals surface area contributed by atoms with Crippen molar-refractivity contribution in [2.24, 2.45) is 0 Å². The largest absolute Gasteiger partial charge is 0.335 e. The van der Waals surface area contributed by atoms with Crippen molar-refractivity contribution in [3.63, 3.8) is 0 Å². The zero-order chi connectivity index (χ0) is 29.5. The normalized spacial score (nSPS) is 15.1. The lowest BCUT2D eigenvalue weighted by molar-refractivity contribution is -0.122. The van der Waals surface area contributed by atoms with Gasteiger partial charge in [-0.15, -0.1) is 11.3 Å². The Hall–Kier alpha value is -5.79. The number of nitrogens with zero attached hydrogens (tertiary/aromatic N) is 2. The fraction of sp³-hybridized carbons (Fsp3) is 0. The third-order valence-electron chi connectivity index (χ3n) is 8.49. The van der Waals surface area contributed by atoms with Crippen LogP contribution < -0.4 is 10.2 Å². The monoisotopic (exact) mass is 587 g/mol. The van der Waals surface area contributed by atoms with Gasteiger partial charge in [0.15, 0.2) is 0 Å². The number of imide groups is 2. The molecule has 44 heavy (non-hydrogen) atoms. The minimum atomic E-state index is -0.758. The number of fused-ring (bicyclic) bond motifs is 6. The van der Waals surface area contributed by atoms with Gasteiger partial charge in [-0.25, -0.2) is 9.69 Å². The predicted molar refractivity (Wildman–Crippen MR) is 177 cm³/mol. The molecular weight excluding hydrogens is 566 g/mol. The summed E-state index contributed by atoms with van der Waals surface area (Å²) in [6.45, 7) is 0. The Morgan fingerprint density at radius 3 is 2.23 bits per heavy atom. The number of rotatable bonds is 3. The first-order valence-electron chi connectivity index (χ1n) is 14.2. The number of aromatic nitrogens is 1. The summed E-state index contributed by atoms with van der Waals surface area (Å²) in [4.78, 5) is 42.0. The summed E-state index contributed by atoms with van der Waals surface area (Å²) < 4.78 is 2.33. The van der Waals surface area contributed by atoms with Crippen molar-refractivity contribution in [2.45, 2.75) is 0 Å². The number of benzene rings is 5. The van der Waals surface area contributed by atoms with Gasteiger partial charge in [0.1, 0.15) is 10.4 Å². The molecule has 0 aliphatic carbocycles. The molecule has 5 aromatic carbocycles. The Bertz CT molecular complexity index is 2530. The number of thiophene rings is 1. The Morgan fingerprint density at radius 2 is 1.41 bits per heavy atom. The van der Waals surface area contributed by atoms with Crippen LogP contribution in [-0.2, 0) is 9.59 Å². The van der Waals surface area contributed by atoms with Crippen LogP contribution in [0.2, 0.25) is 0 Å². The highest BCUT2D eigenvalue weighted by molar-refractivity contribution is 7.19. The second-order valence-electron chi connectivity index (χ2n) is 10.9. The number of para-hydroxylation sites is 2. The molecule has 0 bridgehead atoms. The van der Waals surface area contributed by atoms with E-state index in [4.69, 9.17) is 0 Å². The summed E-state index contributed by atoms with van der Waals surface area (Å²) in [5.74, 6) is -1.35. The van der Waals surface area contributed by atoms with E-state index in [0.717, 1.165) is 52.7 Å². The quantitative estimate of drug-likeness (QED) is 0.167. The minimum Gasteiger partial charge on any atom is -0.299 e. The minimum absolute atomic E-state index is 0.0864. The topological polar surface area (TPSA) is 70.9 Å². The van der Waals surface area contributed by atoms with Gasteiger partial charge in [0.2, 0.25) is 0 Å². The Labute approximate surface area is 254 Å². The van der Waals surface area contributed by atoms with Crippen molar-refractivity contribution in [1.82, 2.24) is 9.72 Å². The smallest absolute Gasteiger partial charge is 0.299 e. The Balaban J connectivity index is 1.34. The van der Waals surface area contributed by atoms with Crippen molar-refractivity contribution in [3.8, 4) is 11.1 Å². The summed E-state index contributed by atoms with van der Waals surface area (Å²) in [6.07, 6.45) is 1.60. The fourth-order valence-corrected chi connectivity index (χ4v) is 7.79. The molecule has 1 aliphatic heterocycles. The van der Waals surface area contributed by atoms with E-state index in [2.05, 4.69) is 82.5 Å². The number of carbonyl (C=O) groups excluding carboxylic acids is 3. The SMILES string of the molecule is O=C1NC(=O)N(c2ccccc2)C(=O)/C1=C/c1cc2c3cccc4cc(-c5ccccc5)c5c6ccccc6n(c2s1)c5c43. The second-order valence-corrected chi connectivity index (χ2v) is 12.0. The Kier molecular flexibility index (Phi) is 5.13. The zero-order valence-electron chi connectivity index (χ0n) is 23.1. The van der Waals surface area contributed by atoms with Crippen LogP contribution in [0.5, 0.6) is 0 Å². The van der Waals surface area contributed by atoms with Gasteiger partial charge in [0.25, 0.3) is 11.8 Å². The summed E-state index contributed by atoms with van der Waals surface area (Å²) in [5.41, 5.74) is 4.89. The van der Waals surface area contributed by atoms with E-state index < -0.39 is 17.8 Å². The van der Waals surface area contributed by atoms with Crippen LogP contribution in [0.1, 0.15) is 4.88 Å². The maximum Gasteiger partial charge on any atom is 0.335 e. The second kappa shape index (κ2) is 9.10. The van der Waals surface area contributed by atoms with Gasteiger partial charge < -0.3 is 0 Å². The van der Waals surface area contributed by atoms with Gasteiger partial charge in [-0.3, -0.25) is 19.3 Å². The predicted octanol–water partition coefficient (Wildman–Crippen LogP) is 8.38. The molecule has 208 valence electrons. The van der Waals surface area contributed by atoms with Gasteiger partial charge in [-0.1, -0.05) is 84.9 Å². The van der Waals surface area contributed by atoms with Gasteiger partial charge in [-0.2, -0.15) is 0 Å². The Morgan fingerprint density at radius 1 is 0.682 bits per heavy atom. The fourth-order valence-electron chi connectivity index (χ4n) is 6.65. The third kappa shape index (κ3) is 3.38. The molecule has 0 saturated carbocycles. The van der Waals surface area contributed by atoms with E-state index in [-0.39, 0.29) is 5.57 Å². The summed E-state index contributed by atoms with van der Waals surface area (Å²) >= 11 is 1.52. The van der Waals surface area contributed by atoms with Crippen LogP contribution in [0.15, 0.2) is 121 Å². The van der Waals surface area contributed by atoms with E-state index in [0.29, 0.717) is 5.69 Å². The molecule has 1 saturated heterocycles. The molecule has 0 radical (unpaired) electrons. The molecule has 0 atom stereocenters. The number of amides is 4. The number of barbiturate groups is 1. The van der Waals surface area contributed by atoms with Crippen molar-refractivity contribution in [3.05, 3.63) is 126 Å². The average Bonchev–Trinajstić information content (AvgIpc) is 3.63. The van der Waals surface area contributed by atoms with Crippen LogP contribution in [0, 0.1) is 0 Å². The lowest BCUT2D eigenvalue weighted by Crippen LogP contribution is -2.54. The van der Waals surface area contributed by atoms with E-state index in [1.807, 2.05) is 12.1 Å². The molecule has 0 unspecified atom stereocenters. The number of carbonyl (C=O) groups is 3. The van der Waals surface area contributed by atoms with Crippen LogP contribution in [0.4, 0.5) is 10.5 Å². The average molecular weight is 588 g/mol. The number of pyridine rings is 1. The summed E-state index contributed by atoms with van der Waals surface area (Å²) in [6, 6.07) is 37.5. The van der Waals surface area contributed by atoms with Crippen molar-refractivity contribution >= 4 is 89.1 Å². The first kappa shape index (κ1) is 24.8. The number of urea groups is 1. The molecule has 7 heteroatoms. The van der Waals surface area contributed by atoms with E-state index in [9.17, 15) is 14.4 Å². The molecule has 1 N–H and O–H groups in total. The number of anilines is 1. The summed E-state index contributed by atoms with van der Waals surface area (Å²) in [5, 5.41) is 9.17. The highest BCUT2D eigenvalue weighted by atomic mass is 32.1. The highest BCUT2D eigenvalue weighted by Crippen LogP contribution is 2.47.